The Kier molecular flexibility index (Phi) is 6.29. The van der Waals surface area contributed by atoms with Crippen molar-refractivity contribution in [3.63, 3.8) is 0 Å². The summed E-state index contributed by atoms with van der Waals surface area (Å²) in [7, 11) is 4.85. The van der Waals surface area contributed by atoms with Gasteiger partial charge in [-0.15, -0.1) is 0 Å². The summed E-state index contributed by atoms with van der Waals surface area (Å²) in [4.78, 5) is 28.6. The molecule has 0 saturated carbocycles. The number of fused-ring (bicyclic) bond motifs is 1. The molecule has 4 rings (SSSR count). The van der Waals surface area contributed by atoms with Crippen LogP contribution >= 0.6 is 11.6 Å². The van der Waals surface area contributed by atoms with Crippen molar-refractivity contribution < 1.29 is 19.1 Å². The number of nitrogens with zero attached hydrogens (tertiary/aromatic N) is 1. The Morgan fingerprint density at radius 1 is 1.03 bits per heavy atom. The molecule has 6 nitrogen and oxygen atoms in total. The van der Waals surface area contributed by atoms with E-state index < -0.39 is 12.0 Å². The van der Waals surface area contributed by atoms with Crippen molar-refractivity contribution >= 4 is 29.1 Å². The minimum Gasteiger partial charge on any atom is -0.497 e. The summed E-state index contributed by atoms with van der Waals surface area (Å²) < 4.78 is 10.7. The SMILES string of the molecule is COc1ccc([C@H]2[C@@H](C(=O)Nc3cc(C)c(Cl)cc3OC)c3ccccc3C(=O)N2C)cc1. The highest BCUT2D eigenvalue weighted by Gasteiger charge is 2.42. The highest BCUT2D eigenvalue weighted by molar-refractivity contribution is 6.31. The summed E-state index contributed by atoms with van der Waals surface area (Å²) in [6.45, 7) is 1.86. The molecule has 0 saturated heterocycles. The summed E-state index contributed by atoms with van der Waals surface area (Å²) in [6, 6.07) is 17.6. The molecule has 2 atom stereocenters. The largest absolute Gasteiger partial charge is 0.497 e. The van der Waals surface area contributed by atoms with Crippen LogP contribution in [-0.2, 0) is 4.79 Å². The van der Waals surface area contributed by atoms with Gasteiger partial charge in [-0.3, -0.25) is 9.59 Å². The van der Waals surface area contributed by atoms with Crippen LogP contribution < -0.4 is 14.8 Å². The zero-order chi connectivity index (χ0) is 23.7. The Hall–Kier alpha value is -3.51. The fraction of sp³-hybridized carbons (Fsp3) is 0.231. The topological polar surface area (TPSA) is 67.9 Å². The number of nitrogens with one attached hydrogen (secondary N) is 1. The van der Waals surface area contributed by atoms with Crippen molar-refractivity contribution in [3.8, 4) is 11.5 Å². The number of benzene rings is 3. The van der Waals surface area contributed by atoms with E-state index in [0.717, 1.165) is 11.1 Å². The van der Waals surface area contributed by atoms with E-state index in [-0.39, 0.29) is 11.8 Å². The molecule has 0 radical (unpaired) electrons. The molecule has 0 fully saturated rings. The molecule has 0 unspecified atom stereocenters. The van der Waals surface area contributed by atoms with Crippen LogP contribution in [0.4, 0.5) is 5.69 Å². The van der Waals surface area contributed by atoms with Gasteiger partial charge in [-0.1, -0.05) is 41.9 Å². The van der Waals surface area contributed by atoms with Crippen molar-refractivity contribution in [1.29, 1.82) is 0 Å². The van der Waals surface area contributed by atoms with E-state index in [1.807, 2.05) is 43.3 Å². The van der Waals surface area contributed by atoms with Gasteiger partial charge in [0.15, 0.2) is 0 Å². The van der Waals surface area contributed by atoms with Gasteiger partial charge >= 0.3 is 0 Å². The third-order valence-corrected chi connectivity index (χ3v) is 6.47. The second-order valence-corrected chi connectivity index (χ2v) is 8.40. The molecule has 0 spiro atoms. The molecular formula is C26H25ClN2O4. The summed E-state index contributed by atoms with van der Waals surface area (Å²) in [6.07, 6.45) is 0. The first-order valence-electron chi connectivity index (χ1n) is 10.5. The van der Waals surface area contributed by atoms with E-state index in [4.69, 9.17) is 21.1 Å². The molecule has 2 amide bonds. The predicted octanol–water partition coefficient (Wildman–Crippen LogP) is 5.21. The number of hydrogen-bond donors (Lipinski definition) is 1. The first-order chi connectivity index (χ1) is 15.8. The minimum absolute atomic E-state index is 0.129. The molecule has 0 bridgehead atoms. The smallest absolute Gasteiger partial charge is 0.254 e. The van der Waals surface area contributed by atoms with Crippen LogP contribution in [0.15, 0.2) is 60.7 Å². The zero-order valence-electron chi connectivity index (χ0n) is 18.9. The Balaban J connectivity index is 1.81. The first-order valence-corrected chi connectivity index (χ1v) is 10.9. The van der Waals surface area contributed by atoms with Crippen LogP contribution in [0.1, 0.15) is 39.0 Å². The van der Waals surface area contributed by atoms with E-state index in [9.17, 15) is 9.59 Å². The summed E-state index contributed by atoms with van der Waals surface area (Å²) >= 11 is 6.23. The number of aryl methyl sites for hydroxylation is 1. The molecule has 1 aliphatic rings. The fourth-order valence-electron chi connectivity index (χ4n) is 4.32. The predicted molar refractivity (Wildman–Crippen MR) is 128 cm³/mol. The van der Waals surface area contributed by atoms with Crippen LogP contribution in [0.25, 0.3) is 0 Å². The first kappa shape index (κ1) is 22.7. The maximum Gasteiger partial charge on any atom is 0.254 e. The van der Waals surface area contributed by atoms with Crippen molar-refractivity contribution in [3.05, 3.63) is 87.9 Å². The number of anilines is 1. The lowest BCUT2D eigenvalue weighted by atomic mass is 9.79. The fourth-order valence-corrected chi connectivity index (χ4v) is 4.47. The Bertz CT molecular complexity index is 1210. The molecule has 7 heteroatoms. The third kappa shape index (κ3) is 4.14. The average molecular weight is 465 g/mol. The Morgan fingerprint density at radius 3 is 2.39 bits per heavy atom. The molecule has 0 aliphatic carbocycles. The van der Waals surface area contributed by atoms with Crippen molar-refractivity contribution in [2.75, 3.05) is 26.6 Å². The average Bonchev–Trinajstić information content (AvgIpc) is 2.83. The molecule has 0 aromatic heterocycles. The summed E-state index contributed by atoms with van der Waals surface area (Å²) in [5, 5.41) is 3.56. The van der Waals surface area contributed by atoms with Gasteiger partial charge in [0, 0.05) is 23.7 Å². The van der Waals surface area contributed by atoms with E-state index in [2.05, 4.69) is 5.32 Å². The number of ether oxygens (including phenoxy) is 2. The Morgan fingerprint density at radius 2 is 1.73 bits per heavy atom. The minimum atomic E-state index is -0.641. The lowest BCUT2D eigenvalue weighted by Gasteiger charge is -2.39. The summed E-state index contributed by atoms with van der Waals surface area (Å²) in [5.41, 5.74) is 3.37. The van der Waals surface area contributed by atoms with Gasteiger partial charge in [-0.05, 0) is 47.9 Å². The van der Waals surface area contributed by atoms with E-state index in [1.54, 1.807) is 43.3 Å². The Labute approximate surface area is 198 Å². The molecule has 1 heterocycles. The highest BCUT2D eigenvalue weighted by Crippen LogP contribution is 2.43. The maximum atomic E-state index is 13.8. The van der Waals surface area contributed by atoms with Gasteiger partial charge in [0.1, 0.15) is 11.5 Å². The number of rotatable bonds is 5. The van der Waals surface area contributed by atoms with Crippen molar-refractivity contribution in [2.24, 2.45) is 0 Å². The number of carbonyl (C=O) groups is 2. The highest BCUT2D eigenvalue weighted by atomic mass is 35.5. The maximum absolute atomic E-state index is 13.8. The van der Waals surface area contributed by atoms with Crippen molar-refractivity contribution in [2.45, 2.75) is 18.9 Å². The van der Waals surface area contributed by atoms with Crippen LogP contribution in [-0.4, -0.2) is 38.0 Å². The molecule has 1 aliphatic heterocycles. The van der Waals surface area contributed by atoms with Gasteiger partial charge in [0.05, 0.1) is 31.9 Å². The molecule has 33 heavy (non-hydrogen) atoms. The lowest BCUT2D eigenvalue weighted by Crippen LogP contribution is -2.44. The molecule has 3 aromatic carbocycles. The van der Waals surface area contributed by atoms with Crippen LogP contribution in [0, 0.1) is 6.92 Å². The van der Waals surface area contributed by atoms with E-state index in [1.165, 1.54) is 7.11 Å². The van der Waals surface area contributed by atoms with Gasteiger partial charge in [-0.2, -0.15) is 0 Å². The van der Waals surface area contributed by atoms with Crippen molar-refractivity contribution in [1.82, 2.24) is 4.90 Å². The van der Waals surface area contributed by atoms with Crippen LogP contribution in [0.2, 0.25) is 5.02 Å². The van der Waals surface area contributed by atoms with E-state index >= 15 is 0 Å². The number of methoxy groups -OCH3 is 2. The lowest BCUT2D eigenvalue weighted by molar-refractivity contribution is -0.119. The van der Waals surface area contributed by atoms with E-state index in [0.29, 0.717) is 33.3 Å². The zero-order valence-corrected chi connectivity index (χ0v) is 19.6. The number of halogens is 1. The monoisotopic (exact) mass is 464 g/mol. The normalized spacial score (nSPS) is 17.4. The number of hydrogen-bond acceptors (Lipinski definition) is 4. The van der Waals surface area contributed by atoms with Crippen LogP contribution in [0.5, 0.6) is 11.5 Å². The molecule has 1 N–H and O–H groups in total. The molecule has 170 valence electrons. The molecule has 3 aromatic rings. The number of likely N-dealkylation sites (N-methyl/N-ethyl adjacent to an activating group) is 1. The van der Waals surface area contributed by atoms with Gasteiger partial charge in [0.2, 0.25) is 5.91 Å². The standard InChI is InChI=1S/C26H25ClN2O4/c1-15-13-21(22(33-4)14-20(15)27)28-25(30)23-18-7-5-6-8-19(18)26(31)29(2)24(23)16-9-11-17(32-3)12-10-16/h5-14,23-24H,1-4H3,(H,28,30)/t23-,24-/m0/s1. The number of carbonyl (C=O) groups excluding carboxylic acids is 2. The van der Waals surface area contributed by atoms with Gasteiger partial charge < -0.3 is 19.7 Å². The van der Waals surface area contributed by atoms with Crippen LogP contribution in [0.3, 0.4) is 0 Å². The third-order valence-electron chi connectivity index (χ3n) is 6.06. The number of amides is 2. The second kappa shape index (κ2) is 9.16. The second-order valence-electron chi connectivity index (χ2n) is 7.99. The quantitative estimate of drug-likeness (QED) is 0.562. The summed E-state index contributed by atoms with van der Waals surface area (Å²) in [5.74, 6) is 0.149. The van der Waals surface area contributed by atoms with Gasteiger partial charge in [-0.25, -0.2) is 0 Å². The molecular weight excluding hydrogens is 440 g/mol. The van der Waals surface area contributed by atoms with Gasteiger partial charge in [0.25, 0.3) is 5.91 Å².